The molecule has 1 heterocycles. The minimum atomic E-state index is -3.50. The Bertz CT molecular complexity index is 577. The van der Waals surface area contributed by atoms with Crippen molar-refractivity contribution in [2.75, 3.05) is 27.2 Å². The lowest BCUT2D eigenvalue weighted by molar-refractivity contribution is 0.302. The standard InChI is InChI=1S/C12H16BrClN2O2S/c1-15(2)10-5-6-16(8-10)19(17,18)12-4-3-9(13)7-11(12)14/h3-4,7,10H,5-6,8H2,1-2H3. The quantitative estimate of drug-likeness (QED) is 0.824. The maximum absolute atomic E-state index is 12.5. The van der Waals surface area contributed by atoms with Crippen molar-refractivity contribution in [3.05, 3.63) is 27.7 Å². The van der Waals surface area contributed by atoms with Crippen LogP contribution in [0.2, 0.25) is 5.02 Å². The van der Waals surface area contributed by atoms with Gasteiger partial charge < -0.3 is 4.90 Å². The topological polar surface area (TPSA) is 40.6 Å². The van der Waals surface area contributed by atoms with Gasteiger partial charge in [0, 0.05) is 23.6 Å². The molecular weight excluding hydrogens is 352 g/mol. The summed E-state index contributed by atoms with van der Waals surface area (Å²) < 4.78 is 27.4. The summed E-state index contributed by atoms with van der Waals surface area (Å²) in [5.41, 5.74) is 0. The Morgan fingerprint density at radius 2 is 2.11 bits per heavy atom. The number of hydrogen-bond acceptors (Lipinski definition) is 3. The van der Waals surface area contributed by atoms with Gasteiger partial charge in [-0.3, -0.25) is 0 Å². The molecule has 0 N–H and O–H groups in total. The Morgan fingerprint density at radius 3 is 2.63 bits per heavy atom. The number of hydrogen-bond donors (Lipinski definition) is 0. The van der Waals surface area contributed by atoms with Gasteiger partial charge in [-0.25, -0.2) is 8.42 Å². The Balaban J connectivity index is 2.29. The third kappa shape index (κ3) is 3.13. The summed E-state index contributed by atoms with van der Waals surface area (Å²) >= 11 is 9.32. The highest BCUT2D eigenvalue weighted by Crippen LogP contribution is 2.29. The summed E-state index contributed by atoms with van der Waals surface area (Å²) in [5, 5.41) is 0.252. The van der Waals surface area contributed by atoms with Crippen molar-refractivity contribution in [1.29, 1.82) is 0 Å². The Hall–Kier alpha value is -0.140. The van der Waals surface area contributed by atoms with Crippen molar-refractivity contribution in [2.45, 2.75) is 17.4 Å². The van der Waals surface area contributed by atoms with E-state index in [9.17, 15) is 8.42 Å². The molecule has 0 radical (unpaired) electrons. The average Bonchev–Trinajstić information content (AvgIpc) is 2.78. The van der Waals surface area contributed by atoms with Gasteiger partial charge in [0.15, 0.2) is 0 Å². The molecular formula is C12H16BrClN2O2S. The normalized spacial score (nSPS) is 21.2. The van der Waals surface area contributed by atoms with Crippen LogP contribution in [-0.2, 0) is 10.0 Å². The number of sulfonamides is 1. The Kier molecular flexibility index (Phi) is 4.57. The van der Waals surface area contributed by atoms with Crippen LogP contribution in [0.25, 0.3) is 0 Å². The van der Waals surface area contributed by atoms with Crippen LogP contribution < -0.4 is 0 Å². The van der Waals surface area contributed by atoms with Gasteiger partial charge in [-0.15, -0.1) is 0 Å². The molecule has 2 rings (SSSR count). The predicted molar refractivity (Wildman–Crippen MR) is 80.0 cm³/mol. The van der Waals surface area contributed by atoms with E-state index in [0.717, 1.165) is 10.9 Å². The molecule has 0 spiro atoms. The number of nitrogens with zero attached hydrogens (tertiary/aromatic N) is 2. The first-order valence-electron chi connectivity index (χ1n) is 5.94. The summed E-state index contributed by atoms with van der Waals surface area (Å²) in [7, 11) is 0.433. The highest BCUT2D eigenvalue weighted by atomic mass is 79.9. The van der Waals surface area contributed by atoms with Crippen molar-refractivity contribution in [3.8, 4) is 0 Å². The van der Waals surface area contributed by atoms with Crippen molar-refractivity contribution >= 4 is 37.6 Å². The molecule has 7 heteroatoms. The van der Waals surface area contributed by atoms with Gasteiger partial charge in [-0.1, -0.05) is 27.5 Å². The largest absolute Gasteiger partial charge is 0.305 e. The molecule has 0 saturated carbocycles. The molecule has 1 atom stereocenters. The minimum Gasteiger partial charge on any atom is -0.305 e. The molecule has 106 valence electrons. The van der Waals surface area contributed by atoms with E-state index in [1.54, 1.807) is 18.2 Å². The van der Waals surface area contributed by atoms with E-state index in [-0.39, 0.29) is 16.0 Å². The van der Waals surface area contributed by atoms with Crippen LogP contribution in [-0.4, -0.2) is 50.8 Å². The summed E-state index contributed by atoms with van der Waals surface area (Å²) in [6, 6.07) is 5.11. The molecule has 0 aromatic heterocycles. The third-order valence-corrected chi connectivity index (χ3v) is 6.21. The maximum atomic E-state index is 12.5. The van der Waals surface area contributed by atoms with Crippen LogP contribution in [0.15, 0.2) is 27.6 Å². The molecule has 1 fully saturated rings. The van der Waals surface area contributed by atoms with Gasteiger partial charge in [0.2, 0.25) is 10.0 Å². The van der Waals surface area contributed by atoms with Crippen molar-refractivity contribution in [2.24, 2.45) is 0 Å². The molecule has 1 aromatic carbocycles. The SMILES string of the molecule is CN(C)C1CCN(S(=O)(=O)c2ccc(Br)cc2Cl)C1. The first kappa shape index (κ1) is 15.3. The van der Waals surface area contributed by atoms with Gasteiger partial charge in [0.1, 0.15) is 4.90 Å². The number of likely N-dealkylation sites (N-methyl/N-ethyl adjacent to an activating group) is 1. The second kappa shape index (κ2) is 5.69. The van der Waals surface area contributed by atoms with E-state index in [4.69, 9.17) is 11.6 Å². The van der Waals surface area contributed by atoms with E-state index >= 15 is 0 Å². The summed E-state index contributed by atoms with van der Waals surface area (Å²) in [6.45, 7) is 1.05. The third-order valence-electron chi connectivity index (χ3n) is 3.37. The fourth-order valence-electron chi connectivity index (χ4n) is 2.17. The average molecular weight is 368 g/mol. The van der Waals surface area contributed by atoms with Crippen LogP contribution in [0.3, 0.4) is 0 Å². The molecule has 1 aliphatic heterocycles. The van der Waals surface area contributed by atoms with Crippen LogP contribution in [0.5, 0.6) is 0 Å². The van der Waals surface area contributed by atoms with E-state index in [2.05, 4.69) is 20.8 Å². The lowest BCUT2D eigenvalue weighted by atomic mass is 10.2. The Morgan fingerprint density at radius 1 is 1.42 bits per heavy atom. The van der Waals surface area contributed by atoms with Crippen molar-refractivity contribution in [1.82, 2.24) is 9.21 Å². The number of halogens is 2. The van der Waals surface area contributed by atoms with Gasteiger partial charge >= 0.3 is 0 Å². The Labute approximate surface area is 127 Å². The zero-order valence-electron chi connectivity index (χ0n) is 10.8. The first-order valence-corrected chi connectivity index (χ1v) is 8.55. The fourth-order valence-corrected chi connectivity index (χ4v) is 4.68. The van der Waals surface area contributed by atoms with Crippen LogP contribution in [0.1, 0.15) is 6.42 Å². The molecule has 1 aliphatic rings. The lowest BCUT2D eigenvalue weighted by Crippen LogP contribution is -2.34. The van der Waals surface area contributed by atoms with E-state index < -0.39 is 10.0 Å². The van der Waals surface area contributed by atoms with Gasteiger partial charge in [-0.2, -0.15) is 4.31 Å². The highest BCUT2D eigenvalue weighted by molar-refractivity contribution is 9.10. The van der Waals surface area contributed by atoms with Crippen LogP contribution in [0, 0.1) is 0 Å². The molecule has 0 bridgehead atoms. The van der Waals surface area contributed by atoms with E-state index in [0.29, 0.717) is 13.1 Å². The molecule has 1 unspecified atom stereocenters. The lowest BCUT2D eigenvalue weighted by Gasteiger charge is -2.20. The zero-order valence-corrected chi connectivity index (χ0v) is 14.0. The summed E-state index contributed by atoms with van der Waals surface area (Å²) in [6.07, 6.45) is 0.848. The van der Waals surface area contributed by atoms with Crippen LogP contribution >= 0.6 is 27.5 Å². The van der Waals surface area contributed by atoms with E-state index in [1.807, 2.05) is 14.1 Å². The smallest absolute Gasteiger partial charge is 0.244 e. The van der Waals surface area contributed by atoms with Crippen molar-refractivity contribution in [3.63, 3.8) is 0 Å². The molecule has 1 aromatic rings. The molecule has 19 heavy (non-hydrogen) atoms. The summed E-state index contributed by atoms with van der Waals surface area (Å²) in [5.74, 6) is 0. The second-order valence-corrected chi connectivity index (χ2v) is 8.07. The zero-order chi connectivity index (χ0) is 14.2. The molecule has 0 amide bonds. The number of benzene rings is 1. The fraction of sp³-hybridized carbons (Fsp3) is 0.500. The molecule has 4 nitrogen and oxygen atoms in total. The van der Waals surface area contributed by atoms with Crippen LogP contribution in [0.4, 0.5) is 0 Å². The maximum Gasteiger partial charge on any atom is 0.244 e. The highest BCUT2D eigenvalue weighted by Gasteiger charge is 2.34. The number of rotatable bonds is 3. The summed E-state index contributed by atoms with van der Waals surface area (Å²) in [4.78, 5) is 2.23. The minimum absolute atomic E-state index is 0.178. The molecule has 1 saturated heterocycles. The van der Waals surface area contributed by atoms with E-state index in [1.165, 1.54) is 4.31 Å². The molecule has 0 aliphatic carbocycles. The van der Waals surface area contributed by atoms with Gasteiger partial charge in [0.25, 0.3) is 0 Å². The van der Waals surface area contributed by atoms with Gasteiger partial charge in [-0.05, 0) is 38.7 Å². The second-order valence-electron chi connectivity index (χ2n) is 4.84. The first-order chi connectivity index (χ1) is 8.82. The van der Waals surface area contributed by atoms with Crippen molar-refractivity contribution < 1.29 is 8.42 Å². The predicted octanol–water partition coefficient (Wildman–Crippen LogP) is 2.43. The monoisotopic (exact) mass is 366 g/mol. The van der Waals surface area contributed by atoms with Gasteiger partial charge in [0.05, 0.1) is 5.02 Å².